The predicted molar refractivity (Wildman–Crippen MR) is 134 cm³/mol. The summed E-state index contributed by atoms with van der Waals surface area (Å²) in [7, 11) is 1.95. The summed E-state index contributed by atoms with van der Waals surface area (Å²) in [5.74, 6) is 1.08. The first-order chi connectivity index (χ1) is 16.5. The van der Waals surface area contributed by atoms with E-state index >= 15 is 0 Å². The number of fused-ring (bicyclic) bond motifs is 1. The summed E-state index contributed by atoms with van der Waals surface area (Å²) in [5, 5.41) is 3.88. The van der Waals surface area contributed by atoms with Crippen molar-refractivity contribution in [2.45, 2.75) is 13.8 Å². The van der Waals surface area contributed by atoms with Crippen molar-refractivity contribution < 1.29 is 9.53 Å². The maximum atomic E-state index is 13.0. The second-order valence-electron chi connectivity index (χ2n) is 8.31. The summed E-state index contributed by atoms with van der Waals surface area (Å²) in [4.78, 5) is 21.9. The fourth-order valence-corrected chi connectivity index (χ4v) is 3.91. The van der Waals surface area contributed by atoms with Crippen LogP contribution in [0.15, 0.2) is 85.3 Å². The number of hydrogen-bond donors (Lipinski definition) is 1. The molecule has 0 aliphatic carbocycles. The number of anilines is 1. The summed E-state index contributed by atoms with van der Waals surface area (Å²) < 4.78 is 8.29. The van der Waals surface area contributed by atoms with Gasteiger partial charge in [0, 0.05) is 48.5 Å². The molecule has 0 fully saturated rings. The Morgan fingerprint density at radius 1 is 0.971 bits per heavy atom. The molecular formula is C28H24N4O2. The second-order valence-corrected chi connectivity index (χ2v) is 8.31. The highest BCUT2D eigenvalue weighted by Crippen LogP contribution is 2.34. The first-order valence-corrected chi connectivity index (χ1v) is 11.0. The fourth-order valence-electron chi connectivity index (χ4n) is 3.91. The van der Waals surface area contributed by atoms with Crippen molar-refractivity contribution in [2.24, 2.45) is 7.05 Å². The van der Waals surface area contributed by atoms with Crippen LogP contribution in [0.1, 0.15) is 21.5 Å². The summed E-state index contributed by atoms with van der Waals surface area (Å²) in [6, 6.07) is 21.0. The van der Waals surface area contributed by atoms with E-state index in [4.69, 9.17) is 9.72 Å². The smallest absolute Gasteiger partial charge is 0.256 e. The zero-order valence-electron chi connectivity index (χ0n) is 19.2. The number of hydrogen-bond acceptors (Lipinski definition) is 4. The first-order valence-electron chi connectivity index (χ1n) is 11.0. The van der Waals surface area contributed by atoms with E-state index in [9.17, 15) is 4.79 Å². The van der Waals surface area contributed by atoms with Gasteiger partial charge in [0.2, 0.25) is 0 Å². The lowest BCUT2D eigenvalue weighted by atomic mass is 10.1. The van der Waals surface area contributed by atoms with E-state index in [1.54, 1.807) is 18.5 Å². The lowest BCUT2D eigenvalue weighted by Gasteiger charge is -2.13. The highest BCUT2D eigenvalue weighted by molar-refractivity contribution is 6.05. The number of rotatable bonds is 5. The third-order valence-electron chi connectivity index (χ3n) is 5.73. The van der Waals surface area contributed by atoms with Crippen molar-refractivity contribution in [1.29, 1.82) is 0 Å². The standard InChI is InChI=1S/C28H24N4O2/c1-18-5-4-6-21(15-18)30-28(33)24-16-22(8-7-19(24)2)34-26-17-25(20-9-12-29-13-10-20)31-27-23(26)11-14-32(27)3/h4-17H,1-3H3,(H,30,33). The van der Waals surface area contributed by atoms with E-state index in [0.29, 0.717) is 17.1 Å². The van der Waals surface area contributed by atoms with Crippen molar-refractivity contribution in [3.8, 4) is 22.8 Å². The SMILES string of the molecule is Cc1cccc(NC(=O)c2cc(Oc3cc(-c4ccncc4)nc4c3ccn4C)ccc2C)c1. The molecule has 34 heavy (non-hydrogen) atoms. The number of amides is 1. The average Bonchev–Trinajstić information content (AvgIpc) is 3.22. The molecule has 1 amide bonds. The van der Waals surface area contributed by atoms with Crippen molar-refractivity contribution in [3.63, 3.8) is 0 Å². The molecule has 3 aromatic heterocycles. The van der Waals surface area contributed by atoms with Gasteiger partial charge in [0.15, 0.2) is 0 Å². The molecule has 0 bridgehead atoms. The van der Waals surface area contributed by atoms with E-state index < -0.39 is 0 Å². The van der Waals surface area contributed by atoms with Crippen LogP contribution in [0.3, 0.4) is 0 Å². The number of nitrogens with zero attached hydrogens (tertiary/aromatic N) is 3. The van der Waals surface area contributed by atoms with E-state index in [1.165, 1.54) is 0 Å². The fraction of sp³-hybridized carbons (Fsp3) is 0.107. The van der Waals surface area contributed by atoms with Gasteiger partial charge in [-0.05, 0) is 67.4 Å². The van der Waals surface area contributed by atoms with Crippen molar-refractivity contribution >= 4 is 22.6 Å². The number of nitrogens with one attached hydrogen (secondary N) is 1. The quantitative estimate of drug-likeness (QED) is 0.343. The number of ether oxygens (including phenoxy) is 1. The van der Waals surface area contributed by atoms with Crippen LogP contribution in [0, 0.1) is 13.8 Å². The largest absolute Gasteiger partial charge is 0.456 e. The molecule has 2 aromatic carbocycles. The van der Waals surface area contributed by atoms with Gasteiger partial charge in [-0.15, -0.1) is 0 Å². The van der Waals surface area contributed by atoms with Crippen LogP contribution in [0.25, 0.3) is 22.3 Å². The molecule has 3 heterocycles. The molecule has 168 valence electrons. The second kappa shape index (κ2) is 8.83. The van der Waals surface area contributed by atoms with Crippen LogP contribution in [-0.4, -0.2) is 20.4 Å². The maximum Gasteiger partial charge on any atom is 0.256 e. The topological polar surface area (TPSA) is 69.0 Å². The summed E-state index contributed by atoms with van der Waals surface area (Å²) in [6.07, 6.45) is 5.44. The summed E-state index contributed by atoms with van der Waals surface area (Å²) in [5.41, 5.74) is 5.83. The van der Waals surface area contributed by atoms with Crippen LogP contribution in [0.5, 0.6) is 11.5 Å². The summed E-state index contributed by atoms with van der Waals surface area (Å²) in [6.45, 7) is 3.91. The first kappa shape index (κ1) is 21.4. The van der Waals surface area contributed by atoms with Crippen LogP contribution in [0.4, 0.5) is 5.69 Å². The Balaban J connectivity index is 1.50. The molecular weight excluding hydrogens is 424 g/mol. The van der Waals surface area contributed by atoms with E-state index in [2.05, 4.69) is 10.3 Å². The molecule has 5 aromatic rings. The van der Waals surface area contributed by atoms with Gasteiger partial charge in [-0.3, -0.25) is 9.78 Å². The minimum absolute atomic E-state index is 0.175. The number of carbonyl (C=O) groups is 1. The van der Waals surface area contributed by atoms with E-state index in [1.807, 2.05) is 92.3 Å². The van der Waals surface area contributed by atoms with Crippen molar-refractivity contribution in [1.82, 2.24) is 14.5 Å². The van der Waals surface area contributed by atoms with Gasteiger partial charge in [-0.1, -0.05) is 18.2 Å². The molecule has 6 nitrogen and oxygen atoms in total. The molecule has 0 aliphatic rings. The van der Waals surface area contributed by atoms with Crippen molar-refractivity contribution in [2.75, 3.05) is 5.32 Å². The normalized spacial score (nSPS) is 10.9. The molecule has 0 saturated heterocycles. The van der Waals surface area contributed by atoms with Crippen LogP contribution in [-0.2, 0) is 7.05 Å². The Morgan fingerprint density at radius 3 is 2.59 bits per heavy atom. The molecule has 0 saturated carbocycles. The number of aryl methyl sites for hydroxylation is 3. The third kappa shape index (κ3) is 4.26. The van der Waals surface area contributed by atoms with Gasteiger partial charge < -0.3 is 14.6 Å². The molecule has 5 rings (SSSR count). The van der Waals surface area contributed by atoms with Gasteiger partial charge in [0.25, 0.3) is 5.91 Å². The molecule has 0 unspecified atom stereocenters. The number of pyridine rings is 2. The molecule has 0 aliphatic heterocycles. The average molecular weight is 449 g/mol. The van der Waals surface area contributed by atoms with Crippen LogP contribution >= 0.6 is 0 Å². The van der Waals surface area contributed by atoms with Gasteiger partial charge in [-0.2, -0.15) is 0 Å². The minimum Gasteiger partial charge on any atom is -0.456 e. The van der Waals surface area contributed by atoms with Gasteiger partial charge in [-0.25, -0.2) is 4.98 Å². The molecule has 1 N–H and O–H groups in total. The molecule has 0 radical (unpaired) electrons. The third-order valence-corrected chi connectivity index (χ3v) is 5.73. The highest BCUT2D eigenvalue weighted by atomic mass is 16.5. The van der Waals surface area contributed by atoms with Crippen molar-refractivity contribution in [3.05, 3.63) is 102 Å². The van der Waals surface area contributed by atoms with Gasteiger partial charge in [0.05, 0.1) is 11.1 Å². The zero-order chi connectivity index (χ0) is 23.7. The van der Waals surface area contributed by atoms with Crippen LogP contribution in [0.2, 0.25) is 0 Å². The molecule has 0 atom stereocenters. The molecule has 6 heteroatoms. The number of aromatic nitrogens is 3. The van der Waals surface area contributed by atoms with Gasteiger partial charge >= 0.3 is 0 Å². The van der Waals surface area contributed by atoms with Gasteiger partial charge in [0.1, 0.15) is 17.1 Å². The Labute approximate surface area is 197 Å². The van der Waals surface area contributed by atoms with E-state index in [0.717, 1.165) is 39.1 Å². The van der Waals surface area contributed by atoms with Crippen LogP contribution < -0.4 is 10.1 Å². The predicted octanol–water partition coefficient (Wildman–Crippen LogP) is 6.30. The molecule has 0 spiro atoms. The lowest BCUT2D eigenvalue weighted by Crippen LogP contribution is -2.13. The highest BCUT2D eigenvalue weighted by Gasteiger charge is 2.15. The summed E-state index contributed by atoms with van der Waals surface area (Å²) >= 11 is 0. The number of carbonyl (C=O) groups excluding carboxylic acids is 1. The Bertz CT molecular complexity index is 1510. The zero-order valence-corrected chi connectivity index (χ0v) is 19.2. The Hall–Kier alpha value is -4.45. The maximum absolute atomic E-state index is 13.0. The Morgan fingerprint density at radius 2 is 1.79 bits per heavy atom. The lowest BCUT2D eigenvalue weighted by molar-refractivity contribution is 0.102. The van der Waals surface area contributed by atoms with E-state index in [-0.39, 0.29) is 5.91 Å². The minimum atomic E-state index is -0.175. The number of benzene rings is 2. The Kier molecular flexibility index (Phi) is 5.55. The monoisotopic (exact) mass is 448 g/mol.